The van der Waals surface area contributed by atoms with Gasteiger partial charge in [-0.3, -0.25) is 14.8 Å². The first-order valence-electron chi connectivity index (χ1n) is 10.3. The molecule has 154 valence electrons. The Morgan fingerprint density at radius 1 is 1.23 bits per heavy atom. The van der Waals surface area contributed by atoms with Gasteiger partial charge in [-0.1, -0.05) is 6.07 Å². The Morgan fingerprint density at radius 3 is 2.77 bits per heavy atom. The number of fused-ring (bicyclic) bond motifs is 1. The van der Waals surface area contributed by atoms with Crippen LogP contribution < -0.4 is 0 Å². The number of rotatable bonds is 5. The van der Waals surface area contributed by atoms with Gasteiger partial charge in [0.2, 0.25) is 0 Å². The Balaban J connectivity index is 1.47. The monoisotopic (exact) mass is 405 g/mol. The molecule has 0 saturated heterocycles. The first kappa shape index (κ1) is 18.9. The second-order valence-electron chi connectivity index (χ2n) is 8.39. The molecule has 0 bridgehead atoms. The summed E-state index contributed by atoms with van der Waals surface area (Å²) in [6.07, 6.45) is 8.77. The Morgan fingerprint density at radius 2 is 2.07 bits per heavy atom. The van der Waals surface area contributed by atoms with E-state index in [0.29, 0.717) is 17.2 Å². The molecule has 1 saturated carbocycles. The lowest BCUT2D eigenvalue weighted by molar-refractivity contribution is 0.0393. The fourth-order valence-corrected chi connectivity index (χ4v) is 4.41. The molecule has 0 radical (unpaired) electrons. The third-order valence-corrected chi connectivity index (χ3v) is 6.08. The van der Waals surface area contributed by atoms with Crippen LogP contribution in [-0.4, -0.2) is 36.2 Å². The van der Waals surface area contributed by atoms with E-state index in [2.05, 4.69) is 26.3 Å². The predicted octanol–water partition coefficient (Wildman–Crippen LogP) is 4.18. The van der Waals surface area contributed by atoms with Crippen LogP contribution in [0.3, 0.4) is 0 Å². The highest BCUT2D eigenvalue weighted by Crippen LogP contribution is 2.34. The molecule has 1 fully saturated rings. The van der Waals surface area contributed by atoms with Gasteiger partial charge in [-0.25, -0.2) is 4.39 Å². The van der Waals surface area contributed by atoms with E-state index in [-0.39, 0.29) is 11.9 Å². The lowest BCUT2D eigenvalue weighted by Gasteiger charge is -2.31. The van der Waals surface area contributed by atoms with Crippen molar-refractivity contribution in [3.05, 3.63) is 53.7 Å². The van der Waals surface area contributed by atoms with Crippen molar-refractivity contribution in [3.8, 4) is 22.5 Å². The standard InChI is InChI=1S/C23H24FN5O/c1-13-5-14(3-4-15-6-17(30)7-15)8-19(24)22(13)20-9-18-21(11-25-20)27-28-23(18)16-10-26-29(2)12-16/h5,8-12,15,17,30H,3-4,6-7H2,1-2H3,(H,27,28). The topological polar surface area (TPSA) is 79.6 Å². The van der Waals surface area contributed by atoms with Crippen molar-refractivity contribution in [2.45, 2.75) is 38.7 Å². The molecule has 4 aromatic rings. The molecule has 2 N–H and O–H groups in total. The summed E-state index contributed by atoms with van der Waals surface area (Å²) in [6.45, 7) is 1.93. The van der Waals surface area contributed by atoms with Crippen molar-refractivity contribution in [1.82, 2.24) is 25.0 Å². The summed E-state index contributed by atoms with van der Waals surface area (Å²) in [5.41, 5.74) is 5.46. The molecule has 0 aliphatic heterocycles. The number of nitrogens with one attached hydrogen (secondary N) is 1. The SMILES string of the molecule is Cc1cc(CCC2CC(O)C2)cc(F)c1-c1cc2c(-c3cnn(C)c3)n[nH]c2cn1. The largest absolute Gasteiger partial charge is 0.393 e. The van der Waals surface area contributed by atoms with Gasteiger partial charge in [-0.15, -0.1) is 0 Å². The van der Waals surface area contributed by atoms with E-state index in [1.807, 2.05) is 26.2 Å². The first-order valence-corrected chi connectivity index (χ1v) is 10.3. The van der Waals surface area contributed by atoms with Crippen LogP contribution in [-0.2, 0) is 13.5 Å². The van der Waals surface area contributed by atoms with Gasteiger partial charge in [0.05, 0.1) is 29.7 Å². The summed E-state index contributed by atoms with van der Waals surface area (Å²) in [6, 6.07) is 5.57. The molecule has 6 nitrogen and oxygen atoms in total. The molecule has 0 amide bonds. The summed E-state index contributed by atoms with van der Waals surface area (Å²) in [5.74, 6) is 0.302. The van der Waals surface area contributed by atoms with E-state index in [1.165, 1.54) is 0 Å². The minimum absolute atomic E-state index is 0.142. The number of hydrogen-bond donors (Lipinski definition) is 2. The van der Waals surface area contributed by atoms with E-state index < -0.39 is 0 Å². The number of aryl methyl sites for hydroxylation is 3. The average Bonchev–Trinajstić information content (AvgIpc) is 3.29. The van der Waals surface area contributed by atoms with Crippen LogP contribution in [0.5, 0.6) is 0 Å². The quantitative estimate of drug-likeness (QED) is 0.522. The number of aliphatic hydroxyl groups excluding tert-OH is 1. The maximum atomic E-state index is 15.1. The summed E-state index contributed by atoms with van der Waals surface area (Å²) in [4.78, 5) is 4.49. The van der Waals surface area contributed by atoms with E-state index >= 15 is 4.39 Å². The van der Waals surface area contributed by atoms with Crippen LogP contribution >= 0.6 is 0 Å². The second-order valence-corrected chi connectivity index (χ2v) is 8.39. The maximum absolute atomic E-state index is 15.1. The van der Waals surface area contributed by atoms with Crippen molar-refractivity contribution in [3.63, 3.8) is 0 Å². The first-order chi connectivity index (χ1) is 14.5. The molecule has 1 aliphatic rings. The number of nitrogens with zero attached hydrogens (tertiary/aromatic N) is 4. The van der Waals surface area contributed by atoms with Crippen LogP contribution in [0.2, 0.25) is 0 Å². The predicted molar refractivity (Wildman–Crippen MR) is 113 cm³/mol. The third kappa shape index (κ3) is 3.39. The number of benzene rings is 1. The molecule has 0 unspecified atom stereocenters. The van der Waals surface area contributed by atoms with Gasteiger partial charge < -0.3 is 5.11 Å². The van der Waals surface area contributed by atoms with E-state index in [0.717, 1.165) is 59.0 Å². The zero-order chi connectivity index (χ0) is 20.8. The zero-order valence-corrected chi connectivity index (χ0v) is 17.1. The molecule has 0 atom stereocenters. The number of H-pyrrole nitrogens is 1. The molecule has 3 heterocycles. The lowest BCUT2D eigenvalue weighted by Crippen LogP contribution is -2.28. The fourth-order valence-electron chi connectivity index (χ4n) is 4.41. The molecule has 5 rings (SSSR count). The summed E-state index contributed by atoms with van der Waals surface area (Å²) >= 11 is 0. The van der Waals surface area contributed by atoms with E-state index in [9.17, 15) is 5.11 Å². The van der Waals surface area contributed by atoms with Gasteiger partial charge in [0.1, 0.15) is 11.5 Å². The Bertz CT molecular complexity index is 1200. The Hall–Kier alpha value is -3.06. The number of aromatic amines is 1. The molecular weight excluding hydrogens is 381 g/mol. The van der Waals surface area contributed by atoms with Gasteiger partial charge in [-0.05, 0) is 61.8 Å². The smallest absolute Gasteiger partial charge is 0.133 e. The zero-order valence-electron chi connectivity index (χ0n) is 17.1. The highest BCUT2D eigenvalue weighted by molar-refractivity contribution is 5.94. The summed E-state index contributed by atoms with van der Waals surface area (Å²) in [5, 5.41) is 21.9. The van der Waals surface area contributed by atoms with E-state index in [1.54, 1.807) is 23.1 Å². The van der Waals surface area contributed by atoms with Crippen LogP contribution in [0.4, 0.5) is 4.39 Å². The van der Waals surface area contributed by atoms with Gasteiger partial charge in [-0.2, -0.15) is 10.2 Å². The third-order valence-electron chi connectivity index (χ3n) is 6.08. The Labute approximate surface area is 173 Å². The molecule has 3 aromatic heterocycles. The molecule has 7 heteroatoms. The van der Waals surface area contributed by atoms with Crippen LogP contribution in [0.25, 0.3) is 33.4 Å². The van der Waals surface area contributed by atoms with Crippen LogP contribution in [0.15, 0.2) is 36.8 Å². The number of aliphatic hydroxyl groups is 1. The van der Waals surface area contributed by atoms with Crippen molar-refractivity contribution >= 4 is 10.9 Å². The normalized spacial score (nSPS) is 18.7. The highest BCUT2D eigenvalue weighted by Gasteiger charge is 2.26. The number of halogens is 1. The van der Waals surface area contributed by atoms with Crippen molar-refractivity contribution in [2.24, 2.45) is 13.0 Å². The minimum atomic E-state index is -0.253. The van der Waals surface area contributed by atoms with Gasteiger partial charge in [0.15, 0.2) is 0 Å². The van der Waals surface area contributed by atoms with E-state index in [4.69, 9.17) is 0 Å². The molecule has 1 aromatic carbocycles. The average molecular weight is 405 g/mol. The number of aromatic nitrogens is 5. The van der Waals surface area contributed by atoms with Crippen molar-refractivity contribution < 1.29 is 9.50 Å². The molecule has 0 spiro atoms. The summed E-state index contributed by atoms with van der Waals surface area (Å²) in [7, 11) is 1.86. The number of pyridine rings is 1. The van der Waals surface area contributed by atoms with Gasteiger partial charge in [0.25, 0.3) is 0 Å². The van der Waals surface area contributed by atoms with Gasteiger partial charge >= 0.3 is 0 Å². The van der Waals surface area contributed by atoms with Crippen LogP contribution in [0.1, 0.15) is 30.4 Å². The number of hydrogen-bond acceptors (Lipinski definition) is 4. The Kier molecular flexibility index (Phi) is 4.62. The maximum Gasteiger partial charge on any atom is 0.133 e. The lowest BCUT2D eigenvalue weighted by atomic mass is 9.79. The fraction of sp³-hybridized carbons (Fsp3) is 0.348. The second kappa shape index (κ2) is 7.32. The molecule has 1 aliphatic carbocycles. The van der Waals surface area contributed by atoms with Crippen molar-refractivity contribution in [2.75, 3.05) is 0 Å². The molecular formula is C23H24FN5O. The van der Waals surface area contributed by atoms with Crippen LogP contribution in [0, 0.1) is 18.7 Å². The highest BCUT2D eigenvalue weighted by atomic mass is 19.1. The molecule has 30 heavy (non-hydrogen) atoms. The minimum Gasteiger partial charge on any atom is -0.393 e. The summed E-state index contributed by atoms with van der Waals surface area (Å²) < 4.78 is 16.8. The van der Waals surface area contributed by atoms with Crippen molar-refractivity contribution in [1.29, 1.82) is 0 Å². The van der Waals surface area contributed by atoms with Gasteiger partial charge in [0, 0.05) is 29.8 Å².